The molecule has 20 heavy (non-hydrogen) atoms. The highest BCUT2D eigenvalue weighted by molar-refractivity contribution is 5.28. The van der Waals surface area contributed by atoms with E-state index in [4.69, 9.17) is 4.74 Å². The Balaban J connectivity index is 1.87. The van der Waals surface area contributed by atoms with Crippen LogP contribution in [0.4, 0.5) is 4.39 Å². The minimum atomic E-state index is -0.554. The van der Waals surface area contributed by atoms with Gasteiger partial charge in [-0.15, -0.1) is 0 Å². The molecule has 1 aromatic carbocycles. The van der Waals surface area contributed by atoms with E-state index in [1.165, 1.54) is 12.1 Å². The van der Waals surface area contributed by atoms with Crippen molar-refractivity contribution >= 4 is 0 Å². The van der Waals surface area contributed by atoms with Gasteiger partial charge in [0, 0.05) is 19.7 Å². The number of halogens is 1. The van der Waals surface area contributed by atoms with E-state index in [9.17, 15) is 9.50 Å². The standard InChI is InChI=1S/C16H24FNO2/c1-3-20-11-13-6-7-18(9-13)10-16(19)15-5-4-14(17)8-12(15)2/h4-5,8,13,16,19H,3,6-7,9-11H2,1-2H3. The zero-order chi connectivity index (χ0) is 14.5. The Kier molecular flexibility index (Phi) is 5.52. The first kappa shape index (κ1) is 15.4. The minimum absolute atomic E-state index is 0.253. The average molecular weight is 281 g/mol. The molecule has 1 saturated heterocycles. The van der Waals surface area contributed by atoms with Crippen LogP contribution >= 0.6 is 0 Å². The number of rotatable bonds is 6. The van der Waals surface area contributed by atoms with E-state index in [2.05, 4.69) is 4.90 Å². The molecule has 2 unspecified atom stereocenters. The van der Waals surface area contributed by atoms with Crippen molar-refractivity contribution in [3.8, 4) is 0 Å². The van der Waals surface area contributed by atoms with Crippen LogP contribution in [0.1, 0.15) is 30.6 Å². The highest BCUT2D eigenvalue weighted by atomic mass is 19.1. The Morgan fingerprint density at radius 1 is 1.50 bits per heavy atom. The Bertz CT molecular complexity index is 438. The maximum Gasteiger partial charge on any atom is 0.123 e. The van der Waals surface area contributed by atoms with Crippen LogP contribution in [0.2, 0.25) is 0 Å². The quantitative estimate of drug-likeness (QED) is 0.869. The molecule has 2 atom stereocenters. The smallest absolute Gasteiger partial charge is 0.123 e. The van der Waals surface area contributed by atoms with Gasteiger partial charge >= 0.3 is 0 Å². The Labute approximate surface area is 120 Å². The van der Waals surface area contributed by atoms with E-state index < -0.39 is 6.10 Å². The highest BCUT2D eigenvalue weighted by Crippen LogP contribution is 2.23. The van der Waals surface area contributed by atoms with Gasteiger partial charge < -0.3 is 14.7 Å². The fraction of sp³-hybridized carbons (Fsp3) is 0.625. The van der Waals surface area contributed by atoms with Crippen LogP contribution in [0.25, 0.3) is 0 Å². The summed E-state index contributed by atoms with van der Waals surface area (Å²) < 4.78 is 18.5. The van der Waals surface area contributed by atoms with Crippen LogP contribution in [-0.2, 0) is 4.74 Å². The van der Waals surface area contributed by atoms with Gasteiger partial charge in [-0.2, -0.15) is 0 Å². The van der Waals surface area contributed by atoms with Crippen LogP contribution in [0.3, 0.4) is 0 Å². The second-order valence-electron chi connectivity index (χ2n) is 5.59. The van der Waals surface area contributed by atoms with E-state index in [-0.39, 0.29) is 5.82 Å². The molecule has 0 amide bonds. The summed E-state index contributed by atoms with van der Waals surface area (Å²) in [6.45, 7) is 7.98. The first-order valence-corrected chi connectivity index (χ1v) is 7.34. The lowest BCUT2D eigenvalue weighted by Crippen LogP contribution is -2.27. The molecule has 1 aromatic rings. The molecular formula is C16H24FNO2. The van der Waals surface area contributed by atoms with Gasteiger partial charge in [-0.05, 0) is 56.0 Å². The number of β-amino-alcohol motifs (C(OH)–C–C–N with tert-alkyl or cyclic N) is 1. The van der Waals surface area contributed by atoms with Crippen molar-refractivity contribution in [2.75, 3.05) is 32.8 Å². The number of aryl methyl sites for hydroxylation is 1. The summed E-state index contributed by atoms with van der Waals surface area (Å²) in [5, 5.41) is 10.3. The number of hydrogen-bond donors (Lipinski definition) is 1. The number of likely N-dealkylation sites (tertiary alicyclic amines) is 1. The molecule has 3 nitrogen and oxygen atoms in total. The molecular weight excluding hydrogens is 257 g/mol. The van der Waals surface area contributed by atoms with Crippen LogP contribution in [0, 0.1) is 18.7 Å². The molecule has 0 aliphatic carbocycles. The molecule has 0 radical (unpaired) electrons. The third-order valence-electron chi connectivity index (χ3n) is 3.95. The minimum Gasteiger partial charge on any atom is -0.387 e. The largest absolute Gasteiger partial charge is 0.387 e. The molecule has 0 bridgehead atoms. The van der Waals surface area contributed by atoms with Crippen molar-refractivity contribution in [1.29, 1.82) is 0 Å². The maximum atomic E-state index is 13.1. The normalized spacial score (nSPS) is 21.3. The van der Waals surface area contributed by atoms with Crippen LogP contribution in [0.15, 0.2) is 18.2 Å². The third kappa shape index (κ3) is 4.01. The average Bonchev–Trinajstić information content (AvgIpc) is 2.83. The SMILES string of the molecule is CCOCC1CCN(CC(O)c2ccc(F)cc2C)C1. The molecule has 1 fully saturated rings. The third-order valence-corrected chi connectivity index (χ3v) is 3.95. The molecule has 0 aromatic heterocycles. The number of aliphatic hydroxyl groups is 1. The summed E-state index contributed by atoms with van der Waals surface area (Å²) in [5.74, 6) is 0.313. The zero-order valence-corrected chi connectivity index (χ0v) is 12.3. The molecule has 0 saturated carbocycles. The Morgan fingerprint density at radius 2 is 2.30 bits per heavy atom. The van der Waals surface area contributed by atoms with Crippen molar-refractivity contribution in [1.82, 2.24) is 4.90 Å². The van der Waals surface area contributed by atoms with Gasteiger partial charge in [0.2, 0.25) is 0 Å². The molecule has 0 spiro atoms. The van der Waals surface area contributed by atoms with Crippen LogP contribution < -0.4 is 0 Å². The number of nitrogens with zero attached hydrogens (tertiary/aromatic N) is 1. The second-order valence-corrected chi connectivity index (χ2v) is 5.59. The highest BCUT2D eigenvalue weighted by Gasteiger charge is 2.25. The predicted octanol–water partition coefficient (Wildman–Crippen LogP) is 2.53. The Hall–Kier alpha value is -0.970. The predicted molar refractivity (Wildman–Crippen MR) is 77.1 cm³/mol. The molecule has 4 heteroatoms. The van der Waals surface area contributed by atoms with Crippen LogP contribution in [-0.4, -0.2) is 42.9 Å². The molecule has 1 aliphatic heterocycles. The van der Waals surface area contributed by atoms with Gasteiger partial charge in [-0.3, -0.25) is 0 Å². The summed E-state index contributed by atoms with van der Waals surface area (Å²) in [7, 11) is 0. The fourth-order valence-corrected chi connectivity index (χ4v) is 2.86. The van der Waals surface area contributed by atoms with Crippen molar-refractivity contribution in [2.45, 2.75) is 26.4 Å². The van der Waals surface area contributed by atoms with E-state index in [1.54, 1.807) is 6.07 Å². The summed E-state index contributed by atoms with van der Waals surface area (Å²) in [6, 6.07) is 4.57. The van der Waals surface area contributed by atoms with E-state index in [0.717, 1.165) is 43.9 Å². The monoisotopic (exact) mass is 281 g/mol. The molecule has 1 aliphatic rings. The first-order chi connectivity index (χ1) is 9.60. The van der Waals surface area contributed by atoms with E-state index in [1.807, 2.05) is 13.8 Å². The van der Waals surface area contributed by atoms with E-state index in [0.29, 0.717) is 12.5 Å². The summed E-state index contributed by atoms with van der Waals surface area (Å²) >= 11 is 0. The number of benzene rings is 1. The van der Waals surface area contributed by atoms with Crippen molar-refractivity contribution in [3.05, 3.63) is 35.1 Å². The molecule has 112 valence electrons. The lowest BCUT2D eigenvalue weighted by atomic mass is 10.0. The Morgan fingerprint density at radius 3 is 3.00 bits per heavy atom. The van der Waals surface area contributed by atoms with Gasteiger partial charge in [0.05, 0.1) is 12.7 Å². The fourth-order valence-electron chi connectivity index (χ4n) is 2.86. The van der Waals surface area contributed by atoms with E-state index >= 15 is 0 Å². The molecule has 1 heterocycles. The first-order valence-electron chi connectivity index (χ1n) is 7.34. The van der Waals surface area contributed by atoms with Gasteiger partial charge in [0.15, 0.2) is 0 Å². The molecule has 1 N–H and O–H groups in total. The van der Waals surface area contributed by atoms with Crippen molar-refractivity contribution in [3.63, 3.8) is 0 Å². The number of aliphatic hydroxyl groups excluding tert-OH is 1. The lowest BCUT2D eigenvalue weighted by molar-refractivity contribution is 0.0998. The second kappa shape index (κ2) is 7.16. The maximum absolute atomic E-state index is 13.1. The van der Waals surface area contributed by atoms with Crippen molar-refractivity contribution in [2.24, 2.45) is 5.92 Å². The van der Waals surface area contributed by atoms with Gasteiger partial charge in [0.1, 0.15) is 5.82 Å². The number of ether oxygens (including phenoxy) is 1. The summed E-state index contributed by atoms with van der Waals surface area (Å²) in [5.41, 5.74) is 1.63. The van der Waals surface area contributed by atoms with Gasteiger partial charge in [-0.1, -0.05) is 6.07 Å². The van der Waals surface area contributed by atoms with Crippen LogP contribution in [0.5, 0.6) is 0 Å². The molecule has 2 rings (SSSR count). The topological polar surface area (TPSA) is 32.7 Å². The lowest BCUT2D eigenvalue weighted by Gasteiger charge is -2.21. The summed E-state index contributed by atoms with van der Waals surface area (Å²) in [4.78, 5) is 2.26. The van der Waals surface area contributed by atoms with Gasteiger partial charge in [0.25, 0.3) is 0 Å². The van der Waals surface area contributed by atoms with Crippen molar-refractivity contribution < 1.29 is 14.2 Å². The zero-order valence-electron chi connectivity index (χ0n) is 12.3. The summed E-state index contributed by atoms with van der Waals surface area (Å²) in [6.07, 6.45) is 0.566. The number of hydrogen-bond acceptors (Lipinski definition) is 3. The van der Waals surface area contributed by atoms with Gasteiger partial charge in [-0.25, -0.2) is 4.39 Å².